The Morgan fingerprint density at radius 1 is 1.03 bits per heavy atom. The van der Waals surface area contributed by atoms with Crippen LogP contribution in [0.1, 0.15) is 10.4 Å². The van der Waals surface area contributed by atoms with Gasteiger partial charge in [-0.1, -0.05) is 29.8 Å². The van der Waals surface area contributed by atoms with E-state index in [9.17, 15) is 18.0 Å². The highest BCUT2D eigenvalue weighted by Crippen LogP contribution is 2.19. The molecular weight excluding hydrogens is 418 g/mol. The minimum Gasteiger partial charge on any atom is -0.452 e. The lowest BCUT2D eigenvalue weighted by Gasteiger charge is -2.33. The van der Waals surface area contributed by atoms with Crippen molar-refractivity contribution < 1.29 is 22.7 Å². The van der Waals surface area contributed by atoms with Crippen LogP contribution >= 0.6 is 11.6 Å². The third kappa shape index (κ3) is 4.87. The van der Waals surface area contributed by atoms with E-state index in [4.69, 9.17) is 22.1 Å². The second-order valence-electron chi connectivity index (χ2n) is 6.41. The maximum Gasteiger partial charge on any atom is 0.340 e. The zero-order chi connectivity index (χ0) is 21.0. The van der Waals surface area contributed by atoms with E-state index in [1.165, 1.54) is 39.5 Å². The van der Waals surface area contributed by atoms with Crippen LogP contribution in [0.3, 0.4) is 0 Å². The number of hydrogen-bond acceptors (Lipinski definition) is 6. The van der Waals surface area contributed by atoms with E-state index < -0.39 is 28.5 Å². The number of esters is 1. The van der Waals surface area contributed by atoms with Crippen LogP contribution in [0.4, 0.5) is 5.69 Å². The lowest BCUT2D eigenvalue weighted by Crippen LogP contribution is -2.51. The molecule has 3 rings (SSSR count). The first-order chi connectivity index (χ1) is 13.8. The normalized spacial score (nSPS) is 15.1. The van der Waals surface area contributed by atoms with Crippen molar-refractivity contribution in [2.75, 3.05) is 38.5 Å². The lowest BCUT2D eigenvalue weighted by molar-refractivity contribution is -0.135. The van der Waals surface area contributed by atoms with E-state index >= 15 is 0 Å². The number of hydrogen-bond donors (Lipinski definition) is 1. The van der Waals surface area contributed by atoms with E-state index in [0.717, 1.165) is 0 Å². The van der Waals surface area contributed by atoms with Gasteiger partial charge in [-0.2, -0.15) is 4.31 Å². The number of rotatable bonds is 5. The van der Waals surface area contributed by atoms with Crippen molar-refractivity contribution in [1.29, 1.82) is 0 Å². The van der Waals surface area contributed by atoms with Gasteiger partial charge < -0.3 is 15.4 Å². The molecule has 0 bridgehead atoms. The summed E-state index contributed by atoms with van der Waals surface area (Å²) in [5.74, 6) is -1.12. The summed E-state index contributed by atoms with van der Waals surface area (Å²) < 4.78 is 31.6. The summed E-state index contributed by atoms with van der Waals surface area (Å²) in [5.41, 5.74) is 6.02. The number of piperazine rings is 1. The van der Waals surface area contributed by atoms with Gasteiger partial charge in [0, 0.05) is 36.9 Å². The van der Waals surface area contributed by atoms with Crippen molar-refractivity contribution in [3.8, 4) is 0 Å². The maximum atomic E-state index is 12.6. The summed E-state index contributed by atoms with van der Waals surface area (Å²) in [7, 11) is -3.60. The van der Waals surface area contributed by atoms with Gasteiger partial charge in [0.2, 0.25) is 10.0 Å². The van der Waals surface area contributed by atoms with Crippen LogP contribution in [0.25, 0.3) is 0 Å². The molecule has 0 radical (unpaired) electrons. The Kier molecular flexibility index (Phi) is 6.41. The molecule has 0 aromatic heterocycles. The second kappa shape index (κ2) is 8.81. The van der Waals surface area contributed by atoms with E-state index in [0.29, 0.717) is 5.02 Å². The zero-order valence-corrected chi connectivity index (χ0v) is 17.0. The Morgan fingerprint density at radius 3 is 2.31 bits per heavy atom. The van der Waals surface area contributed by atoms with Gasteiger partial charge in [0.15, 0.2) is 6.61 Å². The van der Waals surface area contributed by atoms with Crippen LogP contribution in [0.15, 0.2) is 53.4 Å². The minimum atomic E-state index is -3.60. The summed E-state index contributed by atoms with van der Waals surface area (Å²) in [6.07, 6.45) is 0. The molecule has 0 atom stereocenters. The highest BCUT2D eigenvalue weighted by atomic mass is 35.5. The van der Waals surface area contributed by atoms with Gasteiger partial charge in [0.25, 0.3) is 5.91 Å². The van der Waals surface area contributed by atoms with Gasteiger partial charge >= 0.3 is 5.97 Å². The third-order valence-electron chi connectivity index (χ3n) is 4.53. The standard InChI is InChI=1S/C19H20ClN3O5S/c20-14-6-7-16(17(21)12-14)19(25)28-13-18(24)22-8-10-23(11-9-22)29(26,27)15-4-2-1-3-5-15/h1-7,12H,8-11,13,21H2. The summed E-state index contributed by atoms with van der Waals surface area (Å²) in [6, 6.07) is 12.5. The zero-order valence-electron chi connectivity index (χ0n) is 15.5. The van der Waals surface area contributed by atoms with Crippen LogP contribution in [0.2, 0.25) is 5.02 Å². The quantitative estimate of drug-likeness (QED) is 0.562. The number of anilines is 1. The van der Waals surface area contributed by atoms with Crippen LogP contribution in [0.5, 0.6) is 0 Å². The molecule has 1 heterocycles. The SMILES string of the molecule is Nc1cc(Cl)ccc1C(=O)OCC(=O)N1CCN(S(=O)(=O)c2ccccc2)CC1. The van der Waals surface area contributed by atoms with E-state index in [2.05, 4.69) is 0 Å². The number of carbonyl (C=O) groups excluding carboxylic acids is 2. The number of nitrogens with two attached hydrogens (primary N) is 1. The molecule has 0 saturated carbocycles. The molecule has 2 N–H and O–H groups in total. The molecule has 0 aliphatic carbocycles. The number of amides is 1. The van der Waals surface area contributed by atoms with Crippen LogP contribution < -0.4 is 5.73 Å². The Hall–Kier alpha value is -2.62. The van der Waals surface area contributed by atoms with Crippen molar-refractivity contribution in [2.45, 2.75) is 4.90 Å². The van der Waals surface area contributed by atoms with Crippen molar-refractivity contribution in [3.63, 3.8) is 0 Å². The molecule has 1 amide bonds. The predicted molar refractivity (Wildman–Crippen MR) is 108 cm³/mol. The van der Waals surface area contributed by atoms with Crippen LogP contribution in [0, 0.1) is 0 Å². The lowest BCUT2D eigenvalue weighted by atomic mass is 10.2. The van der Waals surface area contributed by atoms with Gasteiger partial charge in [-0.15, -0.1) is 0 Å². The van der Waals surface area contributed by atoms with Gasteiger partial charge in [0.05, 0.1) is 10.5 Å². The molecule has 2 aromatic carbocycles. The molecular formula is C19H20ClN3O5S. The molecule has 0 unspecified atom stereocenters. The molecule has 1 aliphatic heterocycles. The molecule has 1 aliphatic rings. The van der Waals surface area contributed by atoms with Gasteiger partial charge in [-0.05, 0) is 30.3 Å². The Labute approximate surface area is 173 Å². The van der Waals surface area contributed by atoms with E-state index in [1.54, 1.807) is 18.2 Å². The summed E-state index contributed by atoms with van der Waals surface area (Å²) in [4.78, 5) is 26.1. The largest absolute Gasteiger partial charge is 0.452 e. The fourth-order valence-electron chi connectivity index (χ4n) is 2.94. The molecule has 8 nitrogen and oxygen atoms in total. The average molecular weight is 438 g/mol. The Balaban J connectivity index is 1.53. The van der Waals surface area contributed by atoms with Gasteiger partial charge in [-0.3, -0.25) is 4.79 Å². The first-order valence-corrected chi connectivity index (χ1v) is 10.7. The van der Waals surface area contributed by atoms with Crippen molar-refractivity contribution in [1.82, 2.24) is 9.21 Å². The highest BCUT2D eigenvalue weighted by Gasteiger charge is 2.30. The number of sulfonamides is 1. The van der Waals surface area contributed by atoms with Gasteiger partial charge in [-0.25, -0.2) is 13.2 Å². The fraction of sp³-hybridized carbons (Fsp3) is 0.263. The molecule has 10 heteroatoms. The molecule has 1 saturated heterocycles. The number of nitrogen functional groups attached to an aromatic ring is 1. The monoisotopic (exact) mass is 437 g/mol. The highest BCUT2D eigenvalue weighted by molar-refractivity contribution is 7.89. The average Bonchev–Trinajstić information content (AvgIpc) is 2.72. The van der Waals surface area contributed by atoms with Crippen LogP contribution in [-0.4, -0.2) is 62.3 Å². The molecule has 0 spiro atoms. The Morgan fingerprint density at radius 2 is 1.69 bits per heavy atom. The second-order valence-corrected chi connectivity index (χ2v) is 8.78. The topological polar surface area (TPSA) is 110 Å². The number of carbonyl (C=O) groups is 2. The number of benzene rings is 2. The first kappa shape index (κ1) is 21.1. The third-order valence-corrected chi connectivity index (χ3v) is 6.68. The molecule has 154 valence electrons. The van der Waals surface area contributed by atoms with Crippen molar-refractivity contribution in [2.24, 2.45) is 0 Å². The summed E-state index contributed by atoms with van der Waals surface area (Å²) in [5, 5.41) is 0.387. The first-order valence-electron chi connectivity index (χ1n) is 8.84. The van der Waals surface area contributed by atoms with Crippen molar-refractivity contribution >= 4 is 39.2 Å². The number of ether oxygens (including phenoxy) is 1. The van der Waals surface area contributed by atoms with Gasteiger partial charge in [0.1, 0.15) is 0 Å². The molecule has 1 fully saturated rings. The van der Waals surface area contributed by atoms with E-state index in [1.807, 2.05) is 0 Å². The van der Waals surface area contributed by atoms with Crippen LogP contribution in [-0.2, 0) is 19.6 Å². The smallest absolute Gasteiger partial charge is 0.340 e. The summed E-state index contributed by atoms with van der Waals surface area (Å²) >= 11 is 5.79. The summed E-state index contributed by atoms with van der Waals surface area (Å²) in [6.45, 7) is 0.311. The van der Waals surface area contributed by atoms with E-state index in [-0.39, 0.29) is 42.3 Å². The van der Waals surface area contributed by atoms with Crippen molar-refractivity contribution in [3.05, 3.63) is 59.1 Å². The molecule has 29 heavy (non-hydrogen) atoms. The molecule has 2 aromatic rings. The predicted octanol–water partition coefficient (Wildman–Crippen LogP) is 1.61. The number of halogens is 1. The Bertz CT molecular complexity index is 1010. The maximum absolute atomic E-state index is 12.6. The number of nitrogens with zero attached hydrogens (tertiary/aromatic N) is 2. The fourth-order valence-corrected chi connectivity index (χ4v) is 4.56. The minimum absolute atomic E-state index is 0.126.